The van der Waals surface area contributed by atoms with Crippen molar-refractivity contribution in [3.63, 3.8) is 0 Å². The van der Waals surface area contributed by atoms with E-state index in [1.807, 2.05) is 54.6 Å². The normalized spacial score (nSPS) is 10.7. The molecule has 0 fully saturated rings. The lowest BCUT2D eigenvalue weighted by molar-refractivity contribution is 0.102. The van der Waals surface area contributed by atoms with Gasteiger partial charge in [0.05, 0.1) is 7.11 Å². The van der Waals surface area contributed by atoms with E-state index >= 15 is 0 Å². The first-order valence-electron chi connectivity index (χ1n) is 8.93. The number of benzene rings is 2. The minimum atomic E-state index is -0.331. The van der Waals surface area contributed by atoms with Crippen LogP contribution in [0.4, 0.5) is 5.13 Å². The SMILES string of the molecule is COc1ccccc1Cc1nnc(NC(=O)c2c(-c3ccccc3)noc2C)s1. The molecule has 0 spiro atoms. The third-order valence-electron chi connectivity index (χ3n) is 4.36. The van der Waals surface area contributed by atoms with E-state index in [2.05, 4.69) is 20.7 Å². The number of ether oxygens (including phenoxy) is 1. The second-order valence-corrected chi connectivity index (χ2v) is 7.33. The standard InChI is InChI=1S/C21H18N4O3S/c1-13-18(19(25-28-13)14-8-4-3-5-9-14)20(26)22-21-24-23-17(29-21)12-15-10-6-7-11-16(15)27-2/h3-11H,12H2,1-2H3,(H,22,24,26). The van der Waals surface area contributed by atoms with Gasteiger partial charge >= 0.3 is 0 Å². The average Bonchev–Trinajstić information content (AvgIpc) is 3.35. The lowest BCUT2D eigenvalue weighted by Gasteiger charge is -2.05. The monoisotopic (exact) mass is 406 g/mol. The molecule has 0 aliphatic heterocycles. The Hall–Kier alpha value is -3.52. The van der Waals surface area contributed by atoms with Crippen LogP contribution in [0.2, 0.25) is 0 Å². The summed E-state index contributed by atoms with van der Waals surface area (Å²) in [5.41, 5.74) is 2.70. The lowest BCUT2D eigenvalue weighted by Crippen LogP contribution is -2.13. The van der Waals surface area contributed by atoms with Crippen molar-refractivity contribution in [2.45, 2.75) is 13.3 Å². The van der Waals surface area contributed by atoms with Crippen LogP contribution in [-0.4, -0.2) is 28.4 Å². The summed E-state index contributed by atoms with van der Waals surface area (Å²) >= 11 is 1.32. The van der Waals surface area contributed by atoms with Crippen molar-refractivity contribution in [1.29, 1.82) is 0 Å². The number of hydrogen-bond acceptors (Lipinski definition) is 7. The smallest absolute Gasteiger partial charge is 0.263 e. The molecule has 4 aromatic rings. The van der Waals surface area contributed by atoms with Crippen LogP contribution in [0.25, 0.3) is 11.3 Å². The highest BCUT2D eigenvalue weighted by Crippen LogP contribution is 2.28. The van der Waals surface area contributed by atoms with Crippen LogP contribution < -0.4 is 10.1 Å². The third kappa shape index (κ3) is 4.02. The summed E-state index contributed by atoms with van der Waals surface area (Å²) in [5.74, 6) is 0.906. The van der Waals surface area contributed by atoms with Crippen LogP contribution in [0.5, 0.6) is 5.75 Å². The zero-order valence-electron chi connectivity index (χ0n) is 15.9. The molecule has 2 aromatic heterocycles. The molecule has 0 aliphatic carbocycles. The first-order valence-corrected chi connectivity index (χ1v) is 9.74. The van der Waals surface area contributed by atoms with Crippen LogP contribution in [0.3, 0.4) is 0 Å². The van der Waals surface area contributed by atoms with Crippen LogP contribution in [0.15, 0.2) is 59.1 Å². The number of hydrogen-bond donors (Lipinski definition) is 1. The number of aryl methyl sites for hydroxylation is 1. The van der Waals surface area contributed by atoms with Gasteiger partial charge in [-0.1, -0.05) is 65.0 Å². The highest BCUT2D eigenvalue weighted by molar-refractivity contribution is 7.15. The Balaban J connectivity index is 1.53. The van der Waals surface area contributed by atoms with Crippen molar-refractivity contribution in [3.8, 4) is 17.0 Å². The summed E-state index contributed by atoms with van der Waals surface area (Å²) in [6.45, 7) is 1.71. The van der Waals surface area contributed by atoms with Crippen LogP contribution in [0, 0.1) is 6.92 Å². The van der Waals surface area contributed by atoms with Crippen LogP contribution in [-0.2, 0) is 6.42 Å². The van der Waals surface area contributed by atoms with E-state index in [1.165, 1.54) is 11.3 Å². The zero-order chi connectivity index (χ0) is 20.2. The van der Waals surface area contributed by atoms with E-state index in [9.17, 15) is 4.79 Å². The highest BCUT2D eigenvalue weighted by Gasteiger charge is 2.22. The quantitative estimate of drug-likeness (QED) is 0.512. The number of aromatic nitrogens is 3. The topological polar surface area (TPSA) is 90.1 Å². The molecule has 1 amide bonds. The van der Waals surface area contributed by atoms with E-state index in [-0.39, 0.29) is 5.91 Å². The fraction of sp³-hybridized carbons (Fsp3) is 0.143. The molecule has 0 bridgehead atoms. The van der Waals surface area contributed by atoms with E-state index in [0.717, 1.165) is 21.9 Å². The fourth-order valence-corrected chi connectivity index (χ4v) is 3.74. The summed E-state index contributed by atoms with van der Waals surface area (Å²) < 4.78 is 10.6. The van der Waals surface area contributed by atoms with E-state index < -0.39 is 0 Å². The van der Waals surface area contributed by atoms with Gasteiger partial charge in [0.15, 0.2) is 0 Å². The Morgan fingerprint density at radius 1 is 1.10 bits per heavy atom. The largest absolute Gasteiger partial charge is 0.496 e. The molecule has 0 unspecified atom stereocenters. The Kier molecular flexibility index (Phi) is 5.35. The molecule has 29 heavy (non-hydrogen) atoms. The van der Waals surface area contributed by atoms with Gasteiger partial charge in [-0.05, 0) is 13.0 Å². The first kappa shape index (κ1) is 18.8. The summed E-state index contributed by atoms with van der Waals surface area (Å²) in [5, 5.41) is 16.3. The van der Waals surface area contributed by atoms with Gasteiger partial charge in [0.25, 0.3) is 5.91 Å². The van der Waals surface area contributed by atoms with Gasteiger partial charge in [-0.15, -0.1) is 10.2 Å². The Labute approximate surface area is 171 Å². The molecule has 0 saturated heterocycles. The van der Waals surface area contributed by atoms with Gasteiger partial charge in [-0.25, -0.2) is 0 Å². The van der Waals surface area contributed by atoms with Gasteiger partial charge in [0, 0.05) is 17.5 Å². The van der Waals surface area contributed by atoms with Gasteiger partial charge in [-0.2, -0.15) is 0 Å². The second kappa shape index (κ2) is 8.24. The van der Waals surface area contributed by atoms with E-state index in [0.29, 0.717) is 28.6 Å². The van der Waals surface area contributed by atoms with Gasteiger partial charge in [-0.3, -0.25) is 10.1 Å². The van der Waals surface area contributed by atoms with Crippen molar-refractivity contribution in [2.24, 2.45) is 0 Å². The maximum absolute atomic E-state index is 12.9. The number of carbonyl (C=O) groups is 1. The number of rotatable bonds is 6. The molecule has 7 nitrogen and oxygen atoms in total. The minimum absolute atomic E-state index is 0.331. The Morgan fingerprint density at radius 2 is 1.86 bits per heavy atom. The van der Waals surface area contributed by atoms with Crippen molar-refractivity contribution in [1.82, 2.24) is 15.4 Å². The van der Waals surface area contributed by atoms with Gasteiger partial charge in [0.1, 0.15) is 27.8 Å². The Bertz CT molecular complexity index is 1140. The molecule has 146 valence electrons. The zero-order valence-corrected chi connectivity index (χ0v) is 16.7. The summed E-state index contributed by atoms with van der Waals surface area (Å²) in [4.78, 5) is 12.9. The number of anilines is 1. The molecule has 1 N–H and O–H groups in total. The molecular weight excluding hydrogens is 388 g/mol. The molecule has 0 saturated carbocycles. The van der Waals surface area contributed by atoms with E-state index in [4.69, 9.17) is 9.26 Å². The predicted octanol–water partition coefficient (Wildman–Crippen LogP) is 4.35. The molecule has 8 heteroatoms. The maximum atomic E-state index is 12.9. The van der Waals surface area contributed by atoms with Crippen molar-refractivity contribution in [2.75, 3.05) is 12.4 Å². The highest BCUT2D eigenvalue weighted by atomic mass is 32.1. The third-order valence-corrected chi connectivity index (χ3v) is 5.20. The molecule has 2 heterocycles. The van der Waals surface area contributed by atoms with Crippen LogP contribution >= 0.6 is 11.3 Å². The number of nitrogens with zero attached hydrogens (tertiary/aromatic N) is 3. The van der Waals surface area contributed by atoms with Crippen LogP contribution in [0.1, 0.15) is 26.7 Å². The minimum Gasteiger partial charge on any atom is -0.496 e. The molecule has 0 radical (unpaired) electrons. The number of amides is 1. The number of carbonyl (C=O) groups excluding carboxylic acids is 1. The maximum Gasteiger partial charge on any atom is 0.263 e. The lowest BCUT2D eigenvalue weighted by atomic mass is 10.1. The first-order chi connectivity index (χ1) is 14.2. The Morgan fingerprint density at radius 3 is 2.66 bits per heavy atom. The van der Waals surface area contributed by atoms with Crippen molar-refractivity contribution >= 4 is 22.4 Å². The molecule has 0 atom stereocenters. The van der Waals surface area contributed by atoms with Crippen molar-refractivity contribution in [3.05, 3.63) is 76.5 Å². The number of nitrogens with one attached hydrogen (secondary N) is 1. The number of para-hydroxylation sites is 1. The summed E-state index contributed by atoms with van der Waals surface area (Å²) in [6, 6.07) is 17.2. The second-order valence-electron chi connectivity index (χ2n) is 6.27. The predicted molar refractivity (Wildman–Crippen MR) is 110 cm³/mol. The summed E-state index contributed by atoms with van der Waals surface area (Å²) in [6.07, 6.45) is 0.569. The van der Waals surface area contributed by atoms with E-state index in [1.54, 1.807) is 14.0 Å². The van der Waals surface area contributed by atoms with Gasteiger partial charge in [0.2, 0.25) is 5.13 Å². The summed E-state index contributed by atoms with van der Waals surface area (Å²) in [7, 11) is 1.64. The molecule has 0 aliphatic rings. The molecule has 2 aromatic carbocycles. The van der Waals surface area contributed by atoms with Gasteiger partial charge < -0.3 is 9.26 Å². The van der Waals surface area contributed by atoms with Crippen molar-refractivity contribution < 1.29 is 14.1 Å². The number of methoxy groups -OCH3 is 1. The average molecular weight is 406 g/mol. The fourth-order valence-electron chi connectivity index (χ4n) is 2.98. The molecular formula is C21H18N4O3S. The molecule has 4 rings (SSSR count).